The van der Waals surface area contributed by atoms with Crippen molar-refractivity contribution < 1.29 is 19.4 Å². The maximum absolute atomic E-state index is 11.8. The number of Topliss-reactive ketones (excluding diaryl/α,β-unsaturated/α-hetero) is 1. The van der Waals surface area contributed by atoms with Crippen LogP contribution in [-0.4, -0.2) is 77.2 Å². The minimum absolute atomic E-state index is 0.139. The molecule has 3 aromatic carbocycles. The zero-order valence-corrected chi connectivity index (χ0v) is 27.6. The molecule has 2 saturated heterocycles. The van der Waals surface area contributed by atoms with Crippen LogP contribution in [0.5, 0.6) is 11.6 Å². The van der Waals surface area contributed by atoms with Gasteiger partial charge in [0.2, 0.25) is 5.88 Å². The predicted octanol–water partition coefficient (Wildman–Crippen LogP) is 6.49. The highest BCUT2D eigenvalue weighted by Crippen LogP contribution is 2.48. The Hall–Kier alpha value is -3.53. The quantitative estimate of drug-likeness (QED) is 0.218. The molecule has 1 atom stereocenters. The molecule has 3 heterocycles. The number of ketones is 1. The van der Waals surface area contributed by atoms with Crippen LogP contribution in [-0.2, 0) is 17.8 Å². The van der Waals surface area contributed by atoms with Gasteiger partial charge in [0, 0.05) is 72.5 Å². The predicted molar refractivity (Wildman–Crippen MR) is 180 cm³/mol. The van der Waals surface area contributed by atoms with Crippen molar-refractivity contribution in [1.29, 1.82) is 0 Å². The Labute approximate surface area is 278 Å². The zero-order valence-electron chi connectivity index (χ0n) is 26.1. The number of aryl methyl sites for hydroxylation is 1. The van der Waals surface area contributed by atoms with Gasteiger partial charge in [-0.15, -0.1) is 0 Å². The number of fused-ring (bicyclic) bond motifs is 1. The fourth-order valence-corrected chi connectivity index (χ4v) is 7.66. The lowest BCUT2D eigenvalue weighted by Crippen LogP contribution is -2.50. The molecule has 46 heavy (non-hydrogen) atoms. The molecule has 0 bridgehead atoms. The number of carbonyl (C=O) groups excluding carboxylic acids is 1. The van der Waals surface area contributed by atoms with Crippen molar-refractivity contribution in [2.45, 2.75) is 38.5 Å². The van der Waals surface area contributed by atoms with Gasteiger partial charge >= 0.3 is 0 Å². The van der Waals surface area contributed by atoms with E-state index in [2.05, 4.69) is 26.9 Å². The number of methoxy groups -OCH3 is 2. The fourth-order valence-electron chi connectivity index (χ4n) is 7.00. The number of aliphatic hydroxyl groups excluding tert-OH is 1. The summed E-state index contributed by atoms with van der Waals surface area (Å²) in [4.78, 5) is 25.7. The molecule has 0 radical (unpaired) electrons. The smallest absolute Gasteiger partial charge is 0.237 e. The number of β-amino-alcohol motifs (C(OH)–C–C–N with tert-alkyl or cyclic N) is 1. The molecule has 0 unspecified atom stereocenters. The van der Waals surface area contributed by atoms with Gasteiger partial charge in [-0.25, -0.2) is 4.98 Å². The van der Waals surface area contributed by atoms with E-state index < -0.39 is 0 Å². The van der Waals surface area contributed by atoms with Crippen molar-refractivity contribution in [2.75, 3.05) is 40.4 Å². The second-order valence-corrected chi connectivity index (χ2v) is 13.2. The summed E-state index contributed by atoms with van der Waals surface area (Å²) >= 11 is 14.3. The first-order valence-electron chi connectivity index (χ1n) is 15.6. The average molecular weight is 660 g/mol. The molecule has 1 N–H and O–H groups in total. The zero-order chi connectivity index (χ0) is 32.1. The third-order valence-electron chi connectivity index (χ3n) is 9.58. The van der Waals surface area contributed by atoms with Gasteiger partial charge in [-0.3, -0.25) is 19.6 Å². The molecular formula is C36H36Cl2N4O4. The number of aromatic nitrogens is 2. The molecule has 0 amide bonds. The molecule has 4 aromatic rings. The van der Waals surface area contributed by atoms with Crippen LogP contribution in [0.3, 0.4) is 0 Å². The number of ether oxygens (including phenoxy) is 2. The van der Waals surface area contributed by atoms with E-state index in [9.17, 15) is 9.90 Å². The molecule has 0 spiro atoms. The number of hydrogen-bond acceptors (Lipinski definition) is 8. The Morgan fingerprint density at radius 2 is 1.63 bits per heavy atom. The summed E-state index contributed by atoms with van der Waals surface area (Å²) in [5.74, 6) is 1.69. The lowest BCUT2D eigenvalue weighted by Gasteiger charge is -2.42. The fraction of sp³-hybridized carbons (Fsp3) is 0.361. The first kappa shape index (κ1) is 31.1. The molecule has 8 nitrogen and oxygen atoms in total. The van der Waals surface area contributed by atoms with Crippen LogP contribution >= 0.6 is 23.2 Å². The highest BCUT2D eigenvalue weighted by Gasteiger charge is 2.40. The summed E-state index contributed by atoms with van der Waals surface area (Å²) in [7, 11) is 3.29. The molecule has 1 aliphatic carbocycles. The van der Waals surface area contributed by atoms with Gasteiger partial charge in [0.25, 0.3) is 0 Å². The van der Waals surface area contributed by atoms with E-state index in [1.807, 2.05) is 36.4 Å². The summed E-state index contributed by atoms with van der Waals surface area (Å²) in [5, 5.41) is 10.8. The Bertz CT molecular complexity index is 1820. The molecule has 2 aliphatic heterocycles. The van der Waals surface area contributed by atoms with Gasteiger partial charge in [0.05, 0.1) is 42.3 Å². The Morgan fingerprint density at radius 3 is 2.28 bits per heavy atom. The summed E-state index contributed by atoms with van der Waals surface area (Å²) in [5.41, 5.74) is 7.99. The lowest BCUT2D eigenvalue weighted by atomic mass is 9.91. The summed E-state index contributed by atoms with van der Waals surface area (Å²) in [6, 6.07) is 16.4. The maximum atomic E-state index is 11.8. The van der Waals surface area contributed by atoms with Crippen molar-refractivity contribution >= 4 is 29.0 Å². The second kappa shape index (κ2) is 12.6. The largest absolute Gasteiger partial charge is 0.496 e. The molecule has 238 valence electrons. The Morgan fingerprint density at radius 1 is 0.957 bits per heavy atom. The topological polar surface area (TPSA) is 88.0 Å². The van der Waals surface area contributed by atoms with E-state index in [0.29, 0.717) is 46.9 Å². The minimum atomic E-state index is -0.292. The number of aliphatic hydroxyl groups is 1. The third-order valence-corrected chi connectivity index (χ3v) is 10.4. The van der Waals surface area contributed by atoms with E-state index in [1.54, 1.807) is 27.3 Å². The summed E-state index contributed by atoms with van der Waals surface area (Å²) in [6.07, 6.45) is 3.37. The van der Waals surface area contributed by atoms with Gasteiger partial charge in [0.15, 0.2) is 0 Å². The number of hydrogen-bond donors (Lipinski definition) is 1. The van der Waals surface area contributed by atoms with Gasteiger partial charge in [-0.05, 0) is 37.0 Å². The number of likely N-dealkylation sites (tertiary alicyclic amines) is 2. The first-order chi connectivity index (χ1) is 22.2. The maximum Gasteiger partial charge on any atom is 0.237 e. The number of benzene rings is 3. The Balaban J connectivity index is 1.20. The van der Waals surface area contributed by atoms with Crippen LogP contribution in [0.1, 0.15) is 36.2 Å². The van der Waals surface area contributed by atoms with Crippen molar-refractivity contribution in [3.05, 3.63) is 81.6 Å². The molecular weight excluding hydrogens is 623 g/mol. The van der Waals surface area contributed by atoms with E-state index in [4.69, 9.17) is 37.7 Å². The normalized spacial score (nSPS) is 18.6. The number of nitrogens with zero attached hydrogens (tertiary/aromatic N) is 4. The highest BCUT2D eigenvalue weighted by molar-refractivity contribution is 6.39. The van der Waals surface area contributed by atoms with Gasteiger partial charge < -0.3 is 14.6 Å². The van der Waals surface area contributed by atoms with Crippen LogP contribution in [0.25, 0.3) is 33.5 Å². The van der Waals surface area contributed by atoms with Crippen LogP contribution in [0.2, 0.25) is 10.0 Å². The van der Waals surface area contributed by atoms with E-state index in [1.165, 1.54) is 11.1 Å². The lowest BCUT2D eigenvalue weighted by molar-refractivity contribution is -0.127. The van der Waals surface area contributed by atoms with Crippen LogP contribution in [0.15, 0.2) is 54.7 Å². The first-order valence-corrected chi connectivity index (χ1v) is 16.3. The van der Waals surface area contributed by atoms with Crippen molar-refractivity contribution in [3.63, 3.8) is 0 Å². The van der Waals surface area contributed by atoms with Crippen molar-refractivity contribution in [2.24, 2.45) is 5.92 Å². The van der Waals surface area contributed by atoms with Gasteiger partial charge in [0.1, 0.15) is 17.2 Å². The van der Waals surface area contributed by atoms with E-state index in [-0.39, 0.29) is 23.8 Å². The van der Waals surface area contributed by atoms with Crippen LogP contribution in [0, 0.1) is 5.92 Å². The summed E-state index contributed by atoms with van der Waals surface area (Å²) < 4.78 is 11.5. The van der Waals surface area contributed by atoms with Crippen LogP contribution < -0.4 is 9.47 Å². The molecule has 3 aliphatic rings. The molecule has 0 saturated carbocycles. The van der Waals surface area contributed by atoms with Crippen molar-refractivity contribution in [3.8, 4) is 45.1 Å². The number of rotatable bonds is 9. The standard InChI is InChI=1S/C36H36Cl2N4O4/c1-20(43)23-15-42(16-23)31-11-10-21-12-22(13-32(45-2)33(21)31)25-6-4-7-26(34(25)37)27-8-5-9-28(35(27)38)29-14-39-30(36(40-29)46-3)19-41-17-24(44)18-41/h4-9,12-14,23-24,31,44H,10-11,15-19H2,1-3H3/t31-/m0/s1. The third kappa shape index (κ3) is 5.56. The summed E-state index contributed by atoms with van der Waals surface area (Å²) in [6.45, 7) is 5.08. The number of carbonyl (C=O) groups is 1. The van der Waals surface area contributed by atoms with Crippen LogP contribution in [0.4, 0.5) is 0 Å². The van der Waals surface area contributed by atoms with E-state index >= 15 is 0 Å². The number of halogens is 2. The van der Waals surface area contributed by atoms with Gasteiger partial charge in [-0.2, -0.15) is 0 Å². The highest BCUT2D eigenvalue weighted by atomic mass is 35.5. The minimum Gasteiger partial charge on any atom is -0.496 e. The molecule has 2 fully saturated rings. The molecule has 7 rings (SSSR count). The molecule has 1 aromatic heterocycles. The SMILES string of the molecule is COc1cc(-c2cccc(-c3cccc(-c4cnc(CN5CC(O)C5)c(OC)n4)c3Cl)c2Cl)cc2c1[C@@H](N1CC(C(C)=O)C1)CC2. The second-order valence-electron chi connectivity index (χ2n) is 12.5. The average Bonchev–Trinajstić information content (AvgIpc) is 3.43. The molecule has 10 heteroatoms. The van der Waals surface area contributed by atoms with Crippen molar-refractivity contribution in [1.82, 2.24) is 19.8 Å². The van der Waals surface area contributed by atoms with Gasteiger partial charge in [-0.1, -0.05) is 65.7 Å². The van der Waals surface area contributed by atoms with E-state index in [0.717, 1.165) is 59.5 Å². The monoisotopic (exact) mass is 658 g/mol. The Kier molecular flexibility index (Phi) is 8.50.